The highest BCUT2D eigenvalue weighted by Gasteiger charge is 2.21. The Morgan fingerprint density at radius 2 is 2.23 bits per heavy atom. The molecule has 1 unspecified atom stereocenters. The molecule has 0 aliphatic carbocycles. The zero-order valence-corrected chi connectivity index (χ0v) is 16.2. The highest BCUT2D eigenvalue weighted by Crippen LogP contribution is 2.29. The minimum absolute atomic E-state index is 0.115. The Morgan fingerprint density at radius 1 is 1.42 bits per heavy atom. The number of thioether (sulfide) groups is 1. The molecule has 0 bridgehead atoms. The van der Waals surface area contributed by atoms with E-state index in [0.29, 0.717) is 16.8 Å². The summed E-state index contributed by atoms with van der Waals surface area (Å²) in [7, 11) is 0. The van der Waals surface area contributed by atoms with Crippen molar-refractivity contribution < 1.29 is 4.79 Å². The summed E-state index contributed by atoms with van der Waals surface area (Å²) in [6, 6.07) is 8.03. The number of benzene rings is 1. The molecule has 0 spiro atoms. The lowest BCUT2D eigenvalue weighted by molar-refractivity contribution is -0.115. The van der Waals surface area contributed by atoms with Gasteiger partial charge in [-0.2, -0.15) is 0 Å². The maximum atomic E-state index is 12.4. The normalized spacial score (nSPS) is 11.9. The van der Waals surface area contributed by atoms with E-state index in [0.717, 1.165) is 17.0 Å². The summed E-state index contributed by atoms with van der Waals surface area (Å²) in [5, 5.41) is 14.2. The number of thiazole rings is 1. The van der Waals surface area contributed by atoms with E-state index in [2.05, 4.69) is 27.1 Å². The topological polar surface area (TPSA) is 72.7 Å². The van der Waals surface area contributed by atoms with E-state index in [1.165, 1.54) is 23.1 Å². The molecule has 0 saturated heterocycles. The molecule has 0 radical (unpaired) electrons. The van der Waals surface area contributed by atoms with Gasteiger partial charge < -0.3 is 5.32 Å². The second-order valence-electron chi connectivity index (χ2n) is 5.61. The Morgan fingerprint density at radius 3 is 2.92 bits per heavy atom. The number of amides is 1. The fraction of sp³-hybridized carbons (Fsp3) is 0.222. The van der Waals surface area contributed by atoms with Gasteiger partial charge >= 0.3 is 0 Å². The molecule has 1 atom stereocenters. The molecule has 134 valence electrons. The van der Waals surface area contributed by atoms with Gasteiger partial charge in [0.15, 0.2) is 16.1 Å². The summed E-state index contributed by atoms with van der Waals surface area (Å²) < 4.78 is 1.98. The van der Waals surface area contributed by atoms with Crippen molar-refractivity contribution in [1.29, 1.82) is 0 Å². The van der Waals surface area contributed by atoms with Crippen molar-refractivity contribution in [3.05, 3.63) is 54.1 Å². The van der Waals surface area contributed by atoms with Gasteiger partial charge in [0, 0.05) is 23.7 Å². The first-order valence-corrected chi connectivity index (χ1v) is 9.83. The number of anilines is 1. The van der Waals surface area contributed by atoms with Gasteiger partial charge in [-0.05, 0) is 19.4 Å². The zero-order valence-electron chi connectivity index (χ0n) is 14.5. The zero-order chi connectivity index (χ0) is 18.5. The number of hydrogen-bond acceptors (Lipinski definition) is 6. The smallest absolute Gasteiger partial charge is 0.239 e. The number of carbonyl (C=O) groups excluding carboxylic acids is 1. The van der Waals surface area contributed by atoms with E-state index in [-0.39, 0.29) is 11.2 Å². The van der Waals surface area contributed by atoms with E-state index in [4.69, 9.17) is 0 Å². The molecule has 3 rings (SSSR count). The van der Waals surface area contributed by atoms with E-state index in [1.807, 2.05) is 48.1 Å². The number of hydrogen-bond donors (Lipinski definition) is 1. The highest BCUT2D eigenvalue weighted by atomic mass is 32.2. The van der Waals surface area contributed by atoms with Gasteiger partial charge in [-0.25, -0.2) is 4.98 Å². The quantitative estimate of drug-likeness (QED) is 0.491. The van der Waals surface area contributed by atoms with Crippen molar-refractivity contribution in [2.75, 3.05) is 5.32 Å². The van der Waals surface area contributed by atoms with E-state index >= 15 is 0 Å². The van der Waals surface area contributed by atoms with Crippen LogP contribution in [0.3, 0.4) is 0 Å². The maximum absolute atomic E-state index is 12.4. The maximum Gasteiger partial charge on any atom is 0.239 e. The van der Waals surface area contributed by atoms with Crippen molar-refractivity contribution in [3.8, 4) is 11.4 Å². The van der Waals surface area contributed by atoms with Gasteiger partial charge in [-0.1, -0.05) is 42.1 Å². The van der Waals surface area contributed by atoms with Crippen LogP contribution in [0, 0.1) is 6.92 Å². The van der Waals surface area contributed by atoms with Gasteiger partial charge in [0.1, 0.15) is 0 Å². The summed E-state index contributed by atoms with van der Waals surface area (Å²) in [6.07, 6.45) is 3.46. The van der Waals surface area contributed by atoms with Crippen LogP contribution >= 0.6 is 23.1 Å². The predicted octanol–water partition coefficient (Wildman–Crippen LogP) is 4.02. The molecule has 2 heterocycles. The number of aromatic nitrogens is 4. The monoisotopic (exact) mass is 385 g/mol. The standard InChI is InChI=1S/C18H19N5OS2/c1-4-10-23-15(14-8-6-5-7-12(14)2)21-22-18(23)26-13(3)16(24)20-17-19-9-11-25-17/h4-9,11,13H,1,10H2,2-3H3,(H,19,20,24). The lowest BCUT2D eigenvalue weighted by atomic mass is 10.1. The third-order valence-corrected chi connectivity index (χ3v) is 5.50. The second-order valence-corrected chi connectivity index (χ2v) is 7.81. The molecule has 2 aromatic heterocycles. The molecule has 26 heavy (non-hydrogen) atoms. The van der Waals surface area contributed by atoms with Crippen LogP contribution in [0.5, 0.6) is 0 Å². The van der Waals surface area contributed by atoms with E-state index in [1.54, 1.807) is 12.3 Å². The van der Waals surface area contributed by atoms with Crippen molar-refractivity contribution in [1.82, 2.24) is 19.7 Å². The molecule has 0 aliphatic rings. The van der Waals surface area contributed by atoms with Crippen LogP contribution < -0.4 is 5.32 Å². The lowest BCUT2D eigenvalue weighted by Crippen LogP contribution is -2.22. The first kappa shape index (κ1) is 18.3. The Hall–Kier alpha value is -2.45. The van der Waals surface area contributed by atoms with Crippen LogP contribution in [0.4, 0.5) is 5.13 Å². The van der Waals surface area contributed by atoms with Gasteiger partial charge in [0.05, 0.1) is 5.25 Å². The van der Waals surface area contributed by atoms with Crippen molar-refractivity contribution in [3.63, 3.8) is 0 Å². The van der Waals surface area contributed by atoms with Crippen LogP contribution in [-0.2, 0) is 11.3 Å². The Labute approximate surface area is 160 Å². The lowest BCUT2D eigenvalue weighted by Gasteiger charge is -2.12. The third kappa shape index (κ3) is 4.03. The minimum atomic E-state index is -0.337. The molecule has 0 fully saturated rings. The van der Waals surface area contributed by atoms with Gasteiger partial charge in [0.2, 0.25) is 5.91 Å². The van der Waals surface area contributed by atoms with E-state index < -0.39 is 0 Å². The molecule has 3 aromatic rings. The SMILES string of the molecule is C=CCn1c(SC(C)C(=O)Nc2nccs2)nnc1-c1ccccc1C. The predicted molar refractivity (Wildman–Crippen MR) is 106 cm³/mol. The first-order valence-electron chi connectivity index (χ1n) is 8.07. The summed E-state index contributed by atoms with van der Waals surface area (Å²) in [6.45, 7) is 8.28. The Balaban J connectivity index is 1.82. The minimum Gasteiger partial charge on any atom is -0.301 e. The number of carbonyl (C=O) groups is 1. The molecule has 1 aromatic carbocycles. The van der Waals surface area contributed by atoms with Gasteiger partial charge in [-0.15, -0.1) is 28.1 Å². The Kier molecular flexibility index (Phi) is 5.85. The Bertz CT molecular complexity index is 904. The van der Waals surface area contributed by atoms with E-state index in [9.17, 15) is 4.79 Å². The van der Waals surface area contributed by atoms with Crippen molar-refractivity contribution >= 4 is 34.1 Å². The number of rotatable bonds is 7. The molecule has 6 nitrogen and oxygen atoms in total. The molecule has 0 aliphatic heterocycles. The van der Waals surface area contributed by atoms with Crippen molar-refractivity contribution in [2.24, 2.45) is 0 Å². The fourth-order valence-electron chi connectivity index (χ4n) is 2.40. The molecular formula is C18H19N5OS2. The summed E-state index contributed by atoms with van der Waals surface area (Å²) >= 11 is 2.76. The number of nitrogens with one attached hydrogen (secondary N) is 1. The van der Waals surface area contributed by atoms with Crippen LogP contribution in [0.1, 0.15) is 12.5 Å². The summed E-state index contributed by atoms with van der Waals surface area (Å²) in [5.41, 5.74) is 2.14. The highest BCUT2D eigenvalue weighted by molar-refractivity contribution is 8.00. The van der Waals surface area contributed by atoms with Gasteiger partial charge in [0.25, 0.3) is 0 Å². The summed E-state index contributed by atoms with van der Waals surface area (Å²) in [5.74, 6) is 0.661. The van der Waals surface area contributed by atoms with Crippen LogP contribution in [0.2, 0.25) is 0 Å². The average Bonchev–Trinajstić information content (AvgIpc) is 3.26. The molecule has 1 N–H and O–H groups in total. The molecule has 8 heteroatoms. The second kappa shape index (κ2) is 8.29. The number of allylic oxidation sites excluding steroid dienone is 1. The van der Waals surface area contributed by atoms with Crippen LogP contribution in [-0.4, -0.2) is 30.9 Å². The molecule has 0 saturated carbocycles. The van der Waals surface area contributed by atoms with Crippen LogP contribution in [0.15, 0.2) is 53.7 Å². The van der Waals surface area contributed by atoms with Crippen LogP contribution in [0.25, 0.3) is 11.4 Å². The fourth-order valence-corrected chi connectivity index (χ4v) is 3.79. The number of aryl methyl sites for hydroxylation is 1. The number of nitrogens with zero attached hydrogens (tertiary/aromatic N) is 4. The average molecular weight is 386 g/mol. The molecule has 1 amide bonds. The molecular weight excluding hydrogens is 366 g/mol. The van der Waals surface area contributed by atoms with Crippen molar-refractivity contribution in [2.45, 2.75) is 30.8 Å². The first-order chi connectivity index (χ1) is 12.6. The van der Waals surface area contributed by atoms with Gasteiger partial charge in [-0.3, -0.25) is 9.36 Å². The summed E-state index contributed by atoms with van der Waals surface area (Å²) in [4.78, 5) is 16.4. The third-order valence-electron chi connectivity index (χ3n) is 3.73. The largest absolute Gasteiger partial charge is 0.301 e.